The van der Waals surface area contributed by atoms with Gasteiger partial charge in [-0.2, -0.15) is 5.10 Å². The van der Waals surface area contributed by atoms with E-state index in [4.69, 9.17) is 17.0 Å². The highest BCUT2D eigenvalue weighted by molar-refractivity contribution is 8.00. The SMILES string of the molecule is COc1ccc(-c2n[nH]c(=S)n2CCC(=O)Nc2ccc(SC3CCCC3)cc2)cc1. The fourth-order valence-electron chi connectivity index (χ4n) is 3.74. The van der Waals surface area contributed by atoms with Crippen LogP contribution in [0.25, 0.3) is 11.4 Å². The van der Waals surface area contributed by atoms with Crippen LogP contribution in [-0.4, -0.2) is 33.0 Å². The second kappa shape index (κ2) is 10.2. The lowest BCUT2D eigenvalue weighted by molar-refractivity contribution is -0.116. The van der Waals surface area contributed by atoms with Crippen LogP contribution in [0.5, 0.6) is 5.75 Å². The summed E-state index contributed by atoms with van der Waals surface area (Å²) in [5, 5.41) is 10.9. The van der Waals surface area contributed by atoms with Gasteiger partial charge >= 0.3 is 0 Å². The third kappa shape index (κ3) is 5.57. The number of hydrogen-bond donors (Lipinski definition) is 2. The topological polar surface area (TPSA) is 71.9 Å². The van der Waals surface area contributed by atoms with Crippen LogP contribution in [0.2, 0.25) is 0 Å². The number of hydrogen-bond acceptors (Lipinski definition) is 5. The molecule has 0 atom stereocenters. The molecule has 4 rings (SSSR count). The number of aromatic nitrogens is 3. The van der Waals surface area contributed by atoms with E-state index in [2.05, 4.69) is 27.6 Å². The van der Waals surface area contributed by atoms with Crippen LogP contribution < -0.4 is 10.1 Å². The lowest BCUT2D eigenvalue weighted by Gasteiger charge is -2.10. The van der Waals surface area contributed by atoms with Crippen molar-refractivity contribution in [3.05, 3.63) is 53.3 Å². The predicted molar refractivity (Wildman–Crippen MR) is 127 cm³/mol. The molecule has 1 aliphatic rings. The summed E-state index contributed by atoms with van der Waals surface area (Å²) < 4.78 is 7.54. The van der Waals surface area contributed by atoms with E-state index in [0.29, 0.717) is 23.6 Å². The Hall–Kier alpha value is -2.58. The molecule has 31 heavy (non-hydrogen) atoms. The first-order chi connectivity index (χ1) is 15.1. The molecule has 1 amide bonds. The summed E-state index contributed by atoms with van der Waals surface area (Å²) in [6.07, 6.45) is 5.59. The monoisotopic (exact) mass is 454 g/mol. The average molecular weight is 455 g/mol. The van der Waals surface area contributed by atoms with Gasteiger partial charge in [-0.1, -0.05) is 12.8 Å². The molecule has 1 heterocycles. The van der Waals surface area contributed by atoms with Gasteiger partial charge in [0.05, 0.1) is 7.11 Å². The lowest BCUT2D eigenvalue weighted by Crippen LogP contribution is -2.15. The normalized spacial score (nSPS) is 14.0. The van der Waals surface area contributed by atoms with Crippen LogP contribution >= 0.6 is 24.0 Å². The number of benzene rings is 2. The Labute approximate surface area is 191 Å². The summed E-state index contributed by atoms with van der Waals surface area (Å²) in [7, 11) is 1.63. The predicted octanol–water partition coefficient (Wildman–Crippen LogP) is 5.68. The fraction of sp³-hybridized carbons (Fsp3) is 0.348. The van der Waals surface area contributed by atoms with Crippen molar-refractivity contribution < 1.29 is 9.53 Å². The lowest BCUT2D eigenvalue weighted by atomic mass is 10.2. The van der Waals surface area contributed by atoms with Gasteiger partial charge in [0.15, 0.2) is 10.6 Å². The van der Waals surface area contributed by atoms with Crippen LogP contribution in [0, 0.1) is 4.77 Å². The first kappa shape index (κ1) is 21.6. The molecule has 162 valence electrons. The Morgan fingerprint density at radius 2 is 1.90 bits per heavy atom. The summed E-state index contributed by atoms with van der Waals surface area (Å²) in [6, 6.07) is 15.7. The van der Waals surface area contributed by atoms with Crippen LogP contribution in [0.1, 0.15) is 32.1 Å². The fourth-order valence-corrected chi connectivity index (χ4v) is 5.21. The van der Waals surface area contributed by atoms with E-state index in [0.717, 1.165) is 22.3 Å². The minimum Gasteiger partial charge on any atom is -0.497 e. The Kier molecular flexibility index (Phi) is 7.09. The summed E-state index contributed by atoms with van der Waals surface area (Å²) in [4.78, 5) is 13.8. The van der Waals surface area contributed by atoms with Crippen molar-refractivity contribution in [3.63, 3.8) is 0 Å². The number of ether oxygens (including phenoxy) is 1. The minimum absolute atomic E-state index is 0.0556. The van der Waals surface area contributed by atoms with Crippen molar-refractivity contribution >= 4 is 35.6 Å². The largest absolute Gasteiger partial charge is 0.497 e. The maximum atomic E-state index is 12.5. The van der Waals surface area contributed by atoms with Gasteiger partial charge in [0.2, 0.25) is 5.91 Å². The molecule has 0 unspecified atom stereocenters. The van der Waals surface area contributed by atoms with Gasteiger partial charge in [0, 0.05) is 34.4 Å². The molecule has 1 aromatic heterocycles. The highest BCUT2D eigenvalue weighted by atomic mass is 32.2. The summed E-state index contributed by atoms with van der Waals surface area (Å²) >= 11 is 7.31. The van der Waals surface area contributed by atoms with Crippen molar-refractivity contribution in [2.75, 3.05) is 12.4 Å². The number of thioether (sulfide) groups is 1. The molecule has 2 aromatic carbocycles. The maximum absolute atomic E-state index is 12.5. The van der Waals surface area contributed by atoms with Crippen LogP contribution in [0.4, 0.5) is 5.69 Å². The Morgan fingerprint density at radius 1 is 1.19 bits per heavy atom. The van der Waals surface area contributed by atoms with Crippen molar-refractivity contribution in [2.24, 2.45) is 0 Å². The number of amides is 1. The number of methoxy groups -OCH3 is 1. The molecule has 0 aliphatic heterocycles. The first-order valence-electron chi connectivity index (χ1n) is 10.5. The molecule has 1 aliphatic carbocycles. The number of rotatable bonds is 8. The van der Waals surface area contributed by atoms with E-state index < -0.39 is 0 Å². The molecule has 2 N–H and O–H groups in total. The minimum atomic E-state index is -0.0556. The van der Waals surface area contributed by atoms with Gasteiger partial charge < -0.3 is 10.1 Å². The van der Waals surface area contributed by atoms with E-state index in [-0.39, 0.29) is 5.91 Å². The van der Waals surface area contributed by atoms with Crippen molar-refractivity contribution in [2.45, 2.75) is 48.8 Å². The highest BCUT2D eigenvalue weighted by Gasteiger charge is 2.16. The Bertz CT molecular complexity index is 1070. The molecular formula is C23H26N4O2S2. The van der Waals surface area contributed by atoms with Crippen LogP contribution in [0.3, 0.4) is 0 Å². The number of nitrogens with zero attached hydrogens (tertiary/aromatic N) is 2. The second-order valence-corrected chi connectivity index (χ2v) is 9.34. The standard InChI is InChI=1S/C23H26N4O2S2/c1-29-18-10-6-16(7-11-18)22-25-26-23(30)27(22)15-14-21(28)24-17-8-12-20(13-9-17)31-19-4-2-3-5-19/h6-13,19H,2-5,14-15H2,1H3,(H,24,28)(H,26,30). The van der Waals surface area contributed by atoms with Gasteiger partial charge in [-0.3, -0.25) is 14.5 Å². The maximum Gasteiger partial charge on any atom is 0.226 e. The van der Waals surface area contributed by atoms with Gasteiger partial charge in [-0.05, 0) is 73.6 Å². The quantitative estimate of drug-likeness (QED) is 0.429. The summed E-state index contributed by atoms with van der Waals surface area (Å²) in [5.74, 6) is 1.42. The number of H-pyrrole nitrogens is 1. The molecule has 0 saturated heterocycles. The van der Waals surface area contributed by atoms with Crippen molar-refractivity contribution in [3.8, 4) is 17.1 Å². The molecular weight excluding hydrogens is 428 g/mol. The van der Waals surface area contributed by atoms with Gasteiger partial charge in [0.25, 0.3) is 0 Å². The zero-order valence-electron chi connectivity index (χ0n) is 17.5. The van der Waals surface area contributed by atoms with Crippen LogP contribution in [-0.2, 0) is 11.3 Å². The smallest absolute Gasteiger partial charge is 0.226 e. The molecule has 1 saturated carbocycles. The van der Waals surface area contributed by atoms with E-state index in [1.165, 1.54) is 30.6 Å². The van der Waals surface area contributed by atoms with Crippen molar-refractivity contribution in [1.29, 1.82) is 0 Å². The number of carbonyl (C=O) groups excluding carboxylic acids is 1. The van der Waals surface area contributed by atoms with Crippen LogP contribution in [0.15, 0.2) is 53.4 Å². The van der Waals surface area contributed by atoms with Gasteiger partial charge in [0.1, 0.15) is 5.75 Å². The zero-order chi connectivity index (χ0) is 21.6. The molecule has 1 fully saturated rings. The summed E-state index contributed by atoms with van der Waals surface area (Å²) in [6.45, 7) is 0.443. The average Bonchev–Trinajstić information content (AvgIpc) is 3.43. The molecule has 6 nitrogen and oxygen atoms in total. The number of anilines is 1. The van der Waals surface area contributed by atoms with E-state index >= 15 is 0 Å². The van der Waals surface area contributed by atoms with Crippen molar-refractivity contribution in [1.82, 2.24) is 14.8 Å². The van der Waals surface area contributed by atoms with E-state index in [1.807, 2.05) is 52.7 Å². The van der Waals surface area contributed by atoms with E-state index in [1.54, 1.807) is 7.11 Å². The van der Waals surface area contributed by atoms with E-state index in [9.17, 15) is 4.79 Å². The number of carbonyl (C=O) groups is 1. The third-order valence-electron chi connectivity index (χ3n) is 5.41. The molecule has 0 bridgehead atoms. The molecule has 0 spiro atoms. The molecule has 3 aromatic rings. The molecule has 0 radical (unpaired) electrons. The Balaban J connectivity index is 1.34. The third-order valence-corrected chi connectivity index (χ3v) is 7.07. The highest BCUT2D eigenvalue weighted by Crippen LogP contribution is 2.35. The zero-order valence-corrected chi connectivity index (χ0v) is 19.1. The first-order valence-corrected chi connectivity index (χ1v) is 11.8. The Morgan fingerprint density at radius 3 is 2.58 bits per heavy atom. The summed E-state index contributed by atoms with van der Waals surface area (Å²) in [5.41, 5.74) is 1.72. The number of nitrogens with one attached hydrogen (secondary N) is 2. The second-order valence-electron chi connectivity index (χ2n) is 7.58. The van der Waals surface area contributed by atoms with Gasteiger partial charge in [-0.15, -0.1) is 11.8 Å². The van der Waals surface area contributed by atoms with Gasteiger partial charge in [-0.25, -0.2) is 0 Å². The molecule has 8 heteroatoms. The number of aromatic amines is 1.